The zero-order valence-electron chi connectivity index (χ0n) is 11.4. The van der Waals surface area contributed by atoms with Crippen molar-refractivity contribution in [3.8, 4) is 11.3 Å². The number of carboxylic acids is 1. The van der Waals surface area contributed by atoms with E-state index in [0.29, 0.717) is 12.1 Å². The summed E-state index contributed by atoms with van der Waals surface area (Å²) in [6, 6.07) is 21.3. The number of carboxylic acid groups (broad SMARTS) is 1. The molecule has 2 aromatic carbocycles. The van der Waals surface area contributed by atoms with Crippen LogP contribution in [0.25, 0.3) is 11.3 Å². The lowest BCUT2D eigenvalue weighted by Crippen LogP contribution is -2.04. The minimum atomic E-state index is -0.902. The Morgan fingerprint density at radius 2 is 1.52 bits per heavy atom. The Kier molecular flexibility index (Phi) is 3.56. The molecule has 0 spiro atoms. The van der Waals surface area contributed by atoms with Crippen LogP contribution >= 0.6 is 0 Å². The minimum absolute atomic E-state index is 0.331. The summed E-state index contributed by atoms with van der Waals surface area (Å²) in [7, 11) is 0. The highest BCUT2D eigenvalue weighted by molar-refractivity contribution is 5.95. The molecule has 3 aromatic rings. The number of hydrogen-bond acceptors (Lipinski definition) is 1. The van der Waals surface area contributed by atoms with Gasteiger partial charge in [-0.15, -0.1) is 0 Å². The van der Waals surface area contributed by atoms with Crippen molar-refractivity contribution in [3.05, 3.63) is 84.1 Å². The molecule has 104 valence electrons. The quantitative estimate of drug-likeness (QED) is 0.785. The third-order valence-electron chi connectivity index (χ3n) is 3.44. The summed E-state index contributed by atoms with van der Waals surface area (Å²) < 4.78 is 1.98. The van der Waals surface area contributed by atoms with Gasteiger partial charge in [-0.1, -0.05) is 60.7 Å². The van der Waals surface area contributed by atoms with Gasteiger partial charge in [0.15, 0.2) is 0 Å². The zero-order chi connectivity index (χ0) is 14.7. The van der Waals surface area contributed by atoms with E-state index >= 15 is 0 Å². The summed E-state index contributed by atoms with van der Waals surface area (Å²) in [6.45, 7) is 0.651. The number of nitrogens with zero attached hydrogens (tertiary/aromatic N) is 1. The molecule has 0 amide bonds. The average Bonchev–Trinajstić information content (AvgIpc) is 2.93. The Bertz CT molecular complexity index is 745. The number of benzene rings is 2. The maximum atomic E-state index is 11.4. The molecule has 3 nitrogen and oxygen atoms in total. The van der Waals surface area contributed by atoms with Crippen LogP contribution in [-0.2, 0) is 6.54 Å². The molecule has 0 aliphatic rings. The van der Waals surface area contributed by atoms with Gasteiger partial charge in [-0.25, -0.2) is 4.79 Å². The third kappa shape index (κ3) is 2.72. The number of rotatable bonds is 4. The molecule has 1 aromatic heterocycles. The van der Waals surface area contributed by atoms with E-state index < -0.39 is 5.97 Å². The zero-order valence-corrected chi connectivity index (χ0v) is 11.4. The molecule has 3 rings (SSSR count). The summed E-state index contributed by atoms with van der Waals surface area (Å²) in [5.74, 6) is -0.902. The molecule has 0 saturated carbocycles. The summed E-state index contributed by atoms with van der Waals surface area (Å²) in [5.41, 5.74) is 3.13. The van der Waals surface area contributed by atoms with Crippen molar-refractivity contribution in [2.45, 2.75) is 6.54 Å². The molecular weight excluding hydrogens is 262 g/mol. The van der Waals surface area contributed by atoms with Gasteiger partial charge < -0.3 is 9.67 Å². The first-order valence-electron chi connectivity index (χ1n) is 6.77. The van der Waals surface area contributed by atoms with Crippen molar-refractivity contribution < 1.29 is 9.90 Å². The second kappa shape index (κ2) is 5.67. The predicted octanol–water partition coefficient (Wildman–Crippen LogP) is 3.90. The highest BCUT2D eigenvalue weighted by Crippen LogP contribution is 2.26. The molecule has 0 radical (unpaired) electrons. The normalized spacial score (nSPS) is 10.5. The smallest absolute Gasteiger partial charge is 0.337 e. The van der Waals surface area contributed by atoms with Gasteiger partial charge in [-0.2, -0.15) is 0 Å². The fraction of sp³-hybridized carbons (Fsp3) is 0.0556. The van der Waals surface area contributed by atoms with Crippen molar-refractivity contribution in [2.75, 3.05) is 0 Å². The SMILES string of the molecule is O=C(O)c1ccn(Cc2ccccc2)c1-c1ccccc1. The summed E-state index contributed by atoms with van der Waals surface area (Å²) in [5, 5.41) is 9.39. The first-order valence-corrected chi connectivity index (χ1v) is 6.77. The number of carbonyl (C=O) groups is 1. The highest BCUT2D eigenvalue weighted by Gasteiger charge is 2.16. The molecule has 0 aliphatic heterocycles. The van der Waals surface area contributed by atoms with E-state index in [2.05, 4.69) is 0 Å². The fourth-order valence-corrected chi connectivity index (χ4v) is 2.47. The topological polar surface area (TPSA) is 42.2 Å². The van der Waals surface area contributed by atoms with E-state index in [4.69, 9.17) is 0 Å². The Morgan fingerprint density at radius 1 is 0.905 bits per heavy atom. The van der Waals surface area contributed by atoms with Crippen molar-refractivity contribution in [3.63, 3.8) is 0 Å². The van der Waals surface area contributed by atoms with Gasteiger partial charge in [0.05, 0.1) is 11.3 Å². The molecule has 0 unspecified atom stereocenters. The molecule has 1 N–H and O–H groups in total. The lowest BCUT2D eigenvalue weighted by atomic mass is 10.1. The Morgan fingerprint density at radius 3 is 2.14 bits per heavy atom. The molecule has 3 heteroatoms. The highest BCUT2D eigenvalue weighted by atomic mass is 16.4. The van der Waals surface area contributed by atoms with E-state index in [0.717, 1.165) is 16.8 Å². The van der Waals surface area contributed by atoms with Crippen molar-refractivity contribution in [1.29, 1.82) is 0 Å². The van der Waals surface area contributed by atoms with Crippen LogP contribution in [0, 0.1) is 0 Å². The van der Waals surface area contributed by atoms with Crippen LogP contribution in [-0.4, -0.2) is 15.6 Å². The van der Waals surface area contributed by atoms with Crippen LogP contribution in [0.1, 0.15) is 15.9 Å². The summed E-state index contributed by atoms with van der Waals surface area (Å²) in [4.78, 5) is 11.4. The first-order chi connectivity index (χ1) is 10.3. The molecular formula is C18H15NO2. The van der Waals surface area contributed by atoms with Crippen LogP contribution in [0.15, 0.2) is 72.9 Å². The molecule has 1 heterocycles. The van der Waals surface area contributed by atoms with Gasteiger partial charge in [0.1, 0.15) is 0 Å². The van der Waals surface area contributed by atoms with E-state index in [1.807, 2.05) is 71.4 Å². The summed E-state index contributed by atoms with van der Waals surface area (Å²) in [6.07, 6.45) is 1.83. The van der Waals surface area contributed by atoms with Crippen molar-refractivity contribution in [2.24, 2.45) is 0 Å². The fourth-order valence-electron chi connectivity index (χ4n) is 2.47. The molecule has 0 saturated heterocycles. The second-order valence-corrected chi connectivity index (χ2v) is 4.86. The predicted molar refractivity (Wildman–Crippen MR) is 82.4 cm³/mol. The molecule has 0 atom stereocenters. The van der Waals surface area contributed by atoms with Crippen LogP contribution < -0.4 is 0 Å². The number of aromatic nitrogens is 1. The van der Waals surface area contributed by atoms with Gasteiger partial charge >= 0.3 is 5.97 Å². The number of aromatic carboxylic acids is 1. The van der Waals surface area contributed by atoms with Crippen LogP contribution in [0.5, 0.6) is 0 Å². The Balaban J connectivity index is 2.07. The van der Waals surface area contributed by atoms with Crippen LogP contribution in [0.3, 0.4) is 0 Å². The van der Waals surface area contributed by atoms with Gasteiger partial charge in [-0.3, -0.25) is 0 Å². The largest absolute Gasteiger partial charge is 0.478 e. The Labute approximate surface area is 123 Å². The van der Waals surface area contributed by atoms with Crippen LogP contribution in [0.2, 0.25) is 0 Å². The average molecular weight is 277 g/mol. The second-order valence-electron chi connectivity index (χ2n) is 4.86. The van der Waals surface area contributed by atoms with E-state index in [9.17, 15) is 9.90 Å². The monoisotopic (exact) mass is 277 g/mol. The van der Waals surface area contributed by atoms with E-state index in [-0.39, 0.29) is 0 Å². The first kappa shape index (κ1) is 13.2. The minimum Gasteiger partial charge on any atom is -0.478 e. The van der Waals surface area contributed by atoms with Crippen molar-refractivity contribution in [1.82, 2.24) is 4.57 Å². The molecule has 0 fully saturated rings. The maximum absolute atomic E-state index is 11.4. The molecule has 21 heavy (non-hydrogen) atoms. The van der Waals surface area contributed by atoms with Gasteiger partial charge in [0.25, 0.3) is 0 Å². The van der Waals surface area contributed by atoms with E-state index in [1.165, 1.54) is 0 Å². The van der Waals surface area contributed by atoms with Crippen molar-refractivity contribution >= 4 is 5.97 Å². The van der Waals surface area contributed by atoms with Gasteiger partial charge in [0.2, 0.25) is 0 Å². The van der Waals surface area contributed by atoms with Gasteiger partial charge in [0, 0.05) is 12.7 Å². The maximum Gasteiger partial charge on any atom is 0.337 e. The third-order valence-corrected chi connectivity index (χ3v) is 3.44. The lowest BCUT2D eigenvalue weighted by molar-refractivity contribution is 0.0698. The van der Waals surface area contributed by atoms with Gasteiger partial charge in [-0.05, 0) is 17.2 Å². The van der Waals surface area contributed by atoms with Crippen LogP contribution in [0.4, 0.5) is 0 Å². The number of hydrogen-bond donors (Lipinski definition) is 1. The molecule has 0 bridgehead atoms. The molecule has 0 aliphatic carbocycles. The Hall–Kier alpha value is -2.81. The lowest BCUT2D eigenvalue weighted by Gasteiger charge is -2.11. The standard InChI is InChI=1S/C18H15NO2/c20-18(21)16-11-12-19(13-14-7-3-1-4-8-14)17(16)15-9-5-2-6-10-15/h1-12H,13H2,(H,20,21). The summed E-state index contributed by atoms with van der Waals surface area (Å²) >= 11 is 0. The van der Waals surface area contributed by atoms with E-state index in [1.54, 1.807) is 6.07 Å².